The van der Waals surface area contributed by atoms with Gasteiger partial charge in [0.2, 0.25) is 0 Å². The summed E-state index contributed by atoms with van der Waals surface area (Å²) in [4.78, 5) is 0. The lowest BCUT2D eigenvalue weighted by Crippen LogP contribution is -2.08. The molecule has 0 radical (unpaired) electrons. The van der Waals surface area contributed by atoms with Crippen LogP contribution in [0.5, 0.6) is 17.2 Å². The van der Waals surface area contributed by atoms with Crippen molar-refractivity contribution in [3.63, 3.8) is 0 Å². The Balaban J connectivity index is 2.34. The number of ether oxygens (including phenoxy) is 1. The summed E-state index contributed by atoms with van der Waals surface area (Å²) in [6, 6.07) is 8.11. The van der Waals surface area contributed by atoms with Gasteiger partial charge in [0, 0.05) is 10.5 Å². The summed E-state index contributed by atoms with van der Waals surface area (Å²) < 4.78 is 6.95. The van der Waals surface area contributed by atoms with Gasteiger partial charge in [-0.25, -0.2) is 0 Å². The SMILES string of the molecule is COc1cc(NC(C)c2c(O)cccc2O)c(Br)cc1Br. The monoisotopic (exact) mass is 415 g/mol. The lowest BCUT2D eigenvalue weighted by Gasteiger charge is -2.20. The zero-order chi connectivity index (χ0) is 15.6. The second-order valence-corrected chi connectivity index (χ2v) is 6.25. The summed E-state index contributed by atoms with van der Waals surface area (Å²) in [5.41, 5.74) is 1.25. The van der Waals surface area contributed by atoms with E-state index in [0.717, 1.165) is 14.6 Å². The smallest absolute Gasteiger partial charge is 0.135 e. The van der Waals surface area contributed by atoms with Crippen LogP contribution in [0.3, 0.4) is 0 Å². The van der Waals surface area contributed by atoms with Crippen molar-refractivity contribution in [2.45, 2.75) is 13.0 Å². The third-order valence-electron chi connectivity index (χ3n) is 3.11. The van der Waals surface area contributed by atoms with E-state index in [1.54, 1.807) is 25.3 Å². The number of benzene rings is 2. The summed E-state index contributed by atoms with van der Waals surface area (Å²) in [7, 11) is 1.59. The molecule has 112 valence electrons. The maximum absolute atomic E-state index is 9.91. The molecule has 2 aromatic rings. The van der Waals surface area contributed by atoms with Crippen molar-refractivity contribution in [2.75, 3.05) is 12.4 Å². The molecule has 1 unspecified atom stereocenters. The third kappa shape index (κ3) is 3.44. The molecule has 0 aliphatic rings. The highest BCUT2D eigenvalue weighted by Crippen LogP contribution is 2.39. The average molecular weight is 417 g/mol. The average Bonchev–Trinajstić information content (AvgIpc) is 2.41. The fourth-order valence-electron chi connectivity index (χ4n) is 2.09. The molecular weight excluding hydrogens is 402 g/mol. The number of anilines is 1. The van der Waals surface area contributed by atoms with Gasteiger partial charge in [-0.05, 0) is 57.0 Å². The first-order valence-electron chi connectivity index (χ1n) is 6.24. The summed E-state index contributed by atoms with van der Waals surface area (Å²) in [6.07, 6.45) is 0. The molecule has 0 spiro atoms. The van der Waals surface area contributed by atoms with Crippen molar-refractivity contribution >= 4 is 37.5 Å². The fourth-order valence-corrected chi connectivity index (χ4v) is 3.36. The maximum Gasteiger partial charge on any atom is 0.135 e. The van der Waals surface area contributed by atoms with Crippen LogP contribution in [0.4, 0.5) is 5.69 Å². The van der Waals surface area contributed by atoms with Gasteiger partial charge in [-0.15, -0.1) is 0 Å². The van der Waals surface area contributed by atoms with E-state index in [9.17, 15) is 10.2 Å². The van der Waals surface area contributed by atoms with Crippen molar-refractivity contribution in [3.05, 3.63) is 44.8 Å². The van der Waals surface area contributed by atoms with Crippen LogP contribution >= 0.6 is 31.9 Å². The van der Waals surface area contributed by atoms with Crippen molar-refractivity contribution in [1.82, 2.24) is 0 Å². The Morgan fingerprint density at radius 3 is 2.29 bits per heavy atom. The Kier molecular flexibility index (Phi) is 5.00. The van der Waals surface area contributed by atoms with E-state index < -0.39 is 0 Å². The lowest BCUT2D eigenvalue weighted by atomic mass is 10.1. The Hall–Kier alpha value is -1.40. The molecule has 0 fully saturated rings. The topological polar surface area (TPSA) is 61.7 Å². The van der Waals surface area contributed by atoms with E-state index >= 15 is 0 Å². The van der Waals surface area contributed by atoms with Crippen molar-refractivity contribution < 1.29 is 14.9 Å². The van der Waals surface area contributed by atoms with Gasteiger partial charge in [-0.2, -0.15) is 0 Å². The highest BCUT2D eigenvalue weighted by atomic mass is 79.9. The molecule has 0 aliphatic heterocycles. The van der Waals surface area contributed by atoms with Crippen LogP contribution in [0.2, 0.25) is 0 Å². The van der Waals surface area contributed by atoms with Crippen LogP contribution in [0, 0.1) is 0 Å². The van der Waals surface area contributed by atoms with Gasteiger partial charge >= 0.3 is 0 Å². The molecule has 0 aromatic heterocycles. The van der Waals surface area contributed by atoms with Crippen LogP contribution in [0.15, 0.2) is 39.3 Å². The molecule has 4 nitrogen and oxygen atoms in total. The molecule has 0 amide bonds. The molecule has 21 heavy (non-hydrogen) atoms. The van der Waals surface area contributed by atoms with Crippen molar-refractivity contribution in [3.8, 4) is 17.2 Å². The van der Waals surface area contributed by atoms with Crippen molar-refractivity contribution in [1.29, 1.82) is 0 Å². The van der Waals surface area contributed by atoms with Gasteiger partial charge in [0.1, 0.15) is 17.2 Å². The van der Waals surface area contributed by atoms with Crippen LogP contribution < -0.4 is 10.1 Å². The number of halogens is 2. The number of hydrogen-bond donors (Lipinski definition) is 3. The standard InChI is InChI=1S/C15H15Br2NO3/c1-8(15-12(19)4-3-5-13(15)20)18-11-7-14(21-2)10(17)6-9(11)16/h3-8,18-20H,1-2H3. The fraction of sp³-hybridized carbons (Fsp3) is 0.200. The molecule has 1 atom stereocenters. The van der Waals surface area contributed by atoms with E-state index in [2.05, 4.69) is 37.2 Å². The molecule has 0 saturated carbocycles. The summed E-state index contributed by atoms with van der Waals surface area (Å²) in [5, 5.41) is 23.1. The second-order valence-electron chi connectivity index (χ2n) is 4.54. The van der Waals surface area contributed by atoms with Gasteiger partial charge in [0.05, 0.1) is 28.9 Å². The summed E-state index contributed by atoms with van der Waals surface area (Å²) >= 11 is 6.89. The normalized spacial score (nSPS) is 12.0. The van der Waals surface area contributed by atoms with Crippen LogP contribution in [0.25, 0.3) is 0 Å². The zero-order valence-corrected chi connectivity index (χ0v) is 14.7. The lowest BCUT2D eigenvalue weighted by molar-refractivity contribution is 0.412. The molecule has 6 heteroatoms. The molecule has 3 N–H and O–H groups in total. The summed E-state index contributed by atoms with van der Waals surface area (Å²) in [5.74, 6) is 0.791. The Morgan fingerprint density at radius 2 is 1.71 bits per heavy atom. The molecule has 0 bridgehead atoms. The number of rotatable bonds is 4. The van der Waals surface area contributed by atoms with E-state index in [4.69, 9.17) is 4.74 Å². The highest BCUT2D eigenvalue weighted by molar-refractivity contribution is 9.11. The van der Waals surface area contributed by atoms with Gasteiger partial charge < -0.3 is 20.3 Å². The minimum Gasteiger partial charge on any atom is -0.507 e. The molecule has 0 saturated heterocycles. The third-order valence-corrected chi connectivity index (χ3v) is 4.38. The first-order chi connectivity index (χ1) is 9.93. The molecule has 0 aliphatic carbocycles. The first kappa shape index (κ1) is 16.0. The minimum absolute atomic E-state index is 0.0511. The van der Waals surface area contributed by atoms with E-state index in [1.807, 2.05) is 19.1 Å². The first-order valence-corrected chi connectivity index (χ1v) is 7.83. The number of nitrogens with one attached hydrogen (secondary N) is 1. The van der Waals surface area contributed by atoms with E-state index in [1.165, 1.54) is 0 Å². The highest BCUT2D eigenvalue weighted by Gasteiger charge is 2.17. The number of methoxy groups -OCH3 is 1. The molecule has 0 heterocycles. The van der Waals surface area contributed by atoms with Crippen LogP contribution in [-0.4, -0.2) is 17.3 Å². The predicted molar refractivity (Wildman–Crippen MR) is 90.2 cm³/mol. The number of phenolic OH excluding ortho intramolecular Hbond substituents is 2. The van der Waals surface area contributed by atoms with Gasteiger partial charge in [0.25, 0.3) is 0 Å². The van der Waals surface area contributed by atoms with Crippen molar-refractivity contribution in [2.24, 2.45) is 0 Å². The van der Waals surface area contributed by atoms with E-state index in [-0.39, 0.29) is 17.5 Å². The number of phenols is 2. The van der Waals surface area contributed by atoms with Crippen LogP contribution in [-0.2, 0) is 0 Å². The molecule has 2 rings (SSSR count). The van der Waals surface area contributed by atoms with Gasteiger partial charge in [-0.1, -0.05) is 6.07 Å². The maximum atomic E-state index is 9.91. The predicted octanol–water partition coefficient (Wildman–Crippen LogP) is 4.80. The minimum atomic E-state index is -0.284. The largest absolute Gasteiger partial charge is 0.507 e. The number of hydrogen-bond acceptors (Lipinski definition) is 4. The van der Waals surface area contributed by atoms with Gasteiger partial charge in [-0.3, -0.25) is 0 Å². The Morgan fingerprint density at radius 1 is 1.10 bits per heavy atom. The van der Waals surface area contributed by atoms with E-state index in [0.29, 0.717) is 11.3 Å². The zero-order valence-electron chi connectivity index (χ0n) is 11.5. The summed E-state index contributed by atoms with van der Waals surface area (Å²) in [6.45, 7) is 1.86. The quantitative estimate of drug-likeness (QED) is 0.669. The Bertz CT molecular complexity index is 641. The Labute approximate surface area is 140 Å². The van der Waals surface area contributed by atoms with Crippen LogP contribution in [0.1, 0.15) is 18.5 Å². The number of aromatic hydroxyl groups is 2. The van der Waals surface area contributed by atoms with Gasteiger partial charge in [0.15, 0.2) is 0 Å². The molecule has 2 aromatic carbocycles. The molecular formula is C15H15Br2NO3. The second kappa shape index (κ2) is 6.58.